The first kappa shape index (κ1) is 14.6. The molecule has 0 saturated heterocycles. The Morgan fingerprint density at radius 2 is 2.00 bits per heavy atom. The summed E-state index contributed by atoms with van der Waals surface area (Å²) in [6.45, 7) is 0.173. The van der Waals surface area contributed by atoms with Crippen molar-refractivity contribution in [1.82, 2.24) is 0 Å². The molecule has 2 aromatic rings. The van der Waals surface area contributed by atoms with E-state index < -0.39 is 11.6 Å². The molecule has 1 aliphatic rings. The van der Waals surface area contributed by atoms with Gasteiger partial charge in [0.2, 0.25) is 6.79 Å². The maximum absolute atomic E-state index is 13.3. The zero-order chi connectivity index (χ0) is 15.7. The Hall–Kier alpha value is -2.34. The number of rotatable bonds is 3. The highest BCUT2D eigenvalue weighted by Crippen LogP contribution is 2.33. The zero-order valence-corrected chi connectivity index (χ0v) is 12.8. The van der Waals surface area contributed by atoms with Gasteiger partial charge in [0.1, 0.15) is 11.6 Å². The van der Waals surface area contributed by atoms with Gasteiger partial charge in [0, 0.05) is 0 Å². The lowest BCUT2D eigenvalue weighted by atomic mass is 10.1. The lowest BCUT2D eigenvalue weighted by molar-refractivity contribution is 0.104. The first-order valence-corrected chi connectivity index (χ1v) is 7.14. The average Bonchev–Trinajstić information content (AvgIpc) is 2.96. The minimum absolute atomic E-state index is 0.108. The molecule has 0 aromatic heterocycles. The Morgan fingerprint density at radius 1 is 1.23 bits per heavy atom. The summed E-state index contributed by atoms with van der Waals surface area (Å²) >= 11 is 3.00. The standard InChI is InChI=1S/C16H10BrFO4/c17-12-7-10(18)6-11(16(12)20)13(19)3-1-9-2-4-14-15(5-9)22-8-21-14/h1-7,20H,8H2. The summed E-state index contributed by atoms with van der Waals surface area (Å²) in [5, 5.41) is 9.81. The molecule has 1 aliphatic heterocycles. The molecular weight excluding hydrogens is 355 g/mol. The number of hydrogen-bond donors (Lipinski definition) is 1. The summed E-state index contributed by atoms with van der Waals surface area (Å²) in [6.07, 6.45) is 2.82. The summed E-state index contributed by atoms with van der Waals surface area (Å²) in [5.41, 5.74) is 0.622. The zero-order valence-electron chi connectivity index (χ0n) is 11.2. The van der Waals surface area contributed by atoms with E-state index in [1.807, 2.05) is 0 Å². The fourth-order valence-electron chi connectivity index (χ4n) is 2.03. The minimum Gasteiger partial charge on any atom is -0.506 e. The molecule has 0 saturated carbocycles. The first-order valence-electron chi connectivity index (χ1n) is 6.34. The predicted octanol–water partition coefficient (Wildman–Crippen LogP) is 3.92. The molecule has 1 heterocycles. The van der Waals surface area contributed by atoms with Gasteiger partial charge >= 0.3 is 0 Å². The third kappa shape index (κ3) is 2.82. The lowest BCUT2D eigenvalue weighted by Crippen LogP contribution is -1.96. The molecule has 1 N–H and O–H groups in total. The van der Waals surface area contributed by atoms with E-state index in [1.165, 1.54) is 6.08 Å². The van der Waals surface area contributed by atoms with Crippen molar-refractivity contribution in [3.05, 3.63) is 57.8 Å². The average molecular weight is 365 g/mol. The molecule has 4 nitrogen and oxygen atoms in total. The second-order valence-corrected chi connectivity index (χ2v) is 5.45. The molecule has 0 fully saturated rings. The maximum Gasteiger partial charge on any atom is 0.231 e. The Kier molecular flexibility index (Phi) is 3.85. The second-order valence-electron chi connectivity index (χ2n) is 4.59. The van der Waals surface area contributed by atoms with E-state index >= 15 is 0 Å². The van der Waals surface area contributed by atoms with E-state index in [-0.39, 0.29) is 22.6 Å². The van der Waals surface area contributed by atoms with Crippen molar-refractivity contribution in [2.45, 2.75) is 0 Å². The van der Waals surface area contributed by atoms with Crippen molar-refractivity contribution < 1.29 is 23.8 Å². The van der Waals surface area contributed by atoms with Crippen LogP contribution in [0.5, 0.6) is 17.2 Å². The van der Waals surface area contributed by atoms with Crippen LogP contribution in [0.3, 0.4) is 0 Å². The first-order chi connectivity index (χ1) is 10.5. The normalized spacial score (nSPS) is 12.8. The lowest BCUT2D eigenvalue weighted by Gasteiger charge is -2.03. The molecule has 0 spiro atoms. The maximum atomic E-state index is 13.3. The Labute approximate surface area is 133 Å². The molecule has 0 unspecified atom stereocenters. The molecule has 0 amide bonds. The van der Waals surface area contributed by atoms with Gasteiger partial charge in [-0.3, -0.25) is 4.79 Å². The van der Waals surface area contributed by atoms with Crippen LogP contribution in [-0.2, 0) is 0 Å². The third-order valence-corrected chi connectivity index (χ3v) is 3.72. The molecule has 22 heavy (non-hydrogen) atoms. The number of aromatic hydroxyl groups is 1. The van der Waals surface area contributed by atoms with Crippen LogP contribution >= 0.6 is 15.9 Å². The third-order valence-electron chi connectivity index (χ3n) is 3.12. The molecule has 3 rings (SSSR count). The van der Waals surface area contributed by atoms with Crippen LogP contribution in [0.15, 0.2) is 40.9 Å². The van der Waals surface area contributed by atoms with Crippen LogP contribution in [0.4, 0.5) is 4.39 Å². The predicted molar refractivity (Wildman–Crippen MR) is 81.7 cm³/mol. The molecular formula is C16H10BrFO4. The van der Waals surface area contributed by atoms with Crippen LogP contribution in [0.2, 0.25) is 0 Å². The van der Waals surface area contributed by atoms with Gasteiger partial charge in [0.25, 0.3) is 0 Å². The second kappa shape index (κ2) is 5.81. The van der Waals surface area contributed by atoms with Crippen LogP contribution in [-0.4, -0.2) is 17.7 Å². The van der Waals surface area contributed by atoms with Gasteiger partial charge in [-0.2, -0.15) is 0 Å². The summed E-state index contributed by atoms with van der Waals surface area (Å²) < 4.78 is 23.9. The molecule has 0 atom stereocenters. The van der Waals surface area contributed by atoms with E-state index in [4.69, 9.17) is 9.47 Å². The number of fused-ring (bicyclic) bond motifs is 1. The van der Waals surface area contributed by atoms with Gasteiger partial charge in [-0.15, -0.1) is 0 Å². The summed E-state index contributed by atoms with van der Waals surface area (Å²) in [4.78, 5) is 12.1. The summed E-state index contributed by atoms with van der Waals surface area (Å²) in [5.74, 6) is -0.150. The van der Waals surface area contributed by atoms with Crippen molar-refractivity contribution in [3.63, 3.8) is 0 Å². The molecule has 0 aliphatic carbocycles. The molecule has 112 valence electrons. The van der Waals surface area contributed by atoms with Crippen molar-refractivity contribution in [1.29, 1.82) is 0 Å². The largest absolute Gasteiger partial charge is 0.506 e. The summed E-state index contributed by atoms with van der Waals surface area (Å²) in [6, 6.07) is 7.31. The van der Waals surface area contributed by atoms with Gasteiger partial charge < -0.3 is 14.6 Å². The Balaban J connectivity index is 1.85. The van der Waals surface area contributed by atoms with Crippen LogP contribution in [0.1, 0.15) is 15.9 Å². The number of ether oxygens (including phenoxy) is 2. The van der Waals surface area contributed by atoms with Gasteiger partial charge in [0.05, 0.1) is 10.0 Å². The van der Waals surface area contributed by atoms with Crippen molar-refractivity contribution >= 4 is 27.8 Å². The highest BCUT2D eigenvalue weighted by atomic mass is 79.9. The van der Waals surface area contributed by atoms with E-state index in [0.717, 1.165) is 17.7 Å². The summed E-state index contributed by atoms with van der Waals surface area (Å²) in [7, 11) is 0. The Bertz CT molecular complexity index is 786. The quantitative estimate of drug-likeness (QED) is 0.662. The molecule has 0 bridgehead atoms. The molecule has 6 heteroatoms. The number of benzene rings is 2. The highest BCUT2D eigenvalue weighted by Gasteiger charge is 2.15. The van der Waals surface area contributed by atoms with Crippen LogP contribution in [0, 0.1) is 5.82 Å². The number of halogens is 2. The van der Waals surface area contributed by atoms with Crippen molar-refractivity contribution in [2.24, 2.45) is 0 Å². The topological polar surface area (TPSA) is 55.8 Å². The number of phenolic OH excluding ortho intramolecular Hbond substituents is 1. The number of carbonyl (C=O) groups excluding carboxylic acids is 1. The number of hydrogen-bond acceptors (Lipinski definition) is 4. The smallest absolute Gasteiger partial charge is 0.231 e. The van der Waals surface area contributed by atoms with Crippen LogP contribution in [0.25, 0.3) is 6.08 Å². The highest BCUT2D eigenvalue weighted by molar-refractivity contribution is 9.10. The number of ketones is 1. The van der Waals surface area contributed by atoms with E-state index in [0.29, 0.717) is 11.5 Å². The van der Waals surface area contributed by atoms with Gasteiger partial charge in [-0.05, 0) is 51.8 Å². The monoisotopic (exact) mass is 364 g/mol. The minimum atomic E-state index is -0.607. The van der Waals surface area contributed by atoms with E-state index in [9.17, 15) is 14.3 Å². The SMILES string of the molecule is O=C(C=Cc1ccc2c(c1)OCO2)c1cc(F)cc(Br)c1O. The number of phenols is 1. The van der Waals surface area contributed by atoms with Gasteiger partial charge in [-0.1, -0.05) is 12.1 Å². The van der Waals surface area contributed by atoms with E-state index in [1.54, 1.807) is 24.3 Å². The van der Waals surface area contributed by atoms with Gasteiger partial charge in [-0.25, -0.2) is 4.39 Å². The van der Waals surface area contributed by atoms with Crippen molar-refractivity contribution in [3.8, 4) is 17.2 Å². The van der Waals surface area contributed by atoms with E-state index in [2.05, 4.69) is 15.9 Å². The van der Waals surface area contributed by atoms with Crippen molar-refractivity contribution in [2.75, 3.05) is 6.79 Å². The fraction of sp³-hybridized carbons (Fsp3) is 0.0625. The van der Waals surface area contributed by atoms with Gasteiger partial charge in [0.15, 0.2) is 17.3 Å². The number of carbonyl (C=O) groups is 1. The molecule has 2 aromatic carbocycles. The fourth-order valence-corrected chi connectivity index (χ4v) is 2.46. The van der Waals surface area contributed by atoms with Crippen LogP contribution < -0.4 is 9.47 Å². The Morgan fingerprint density at radius 3 is 2.82 bits per heavy atom. The number of allylic oxidation sites excluding steroid dienone is 1. The molecule has 0 radical (unpaired) electrons.